The van der Waals surface area contributed by atoms with E-state index in [-0.39, 0.29) is 21.6 Å². The zero-order valence-electron chi connectivity index (χ0n) is 14.3. The van der Waals surface area contributed by atoms with Crippen LogP contribution in [0.4, 0.5) is 0 Å². The molecule has 0 fully saturated rings. The molecule has 0 aromatic heterocycles. The molecule has 23 heavy (non-hydrogen) atoms. The first kappa shape index (κ1) is 22.9. The zero-order valence-corrected chi connectivity index (χ0v) is 17.5. The standard InChI is InChI=1S/C17H30Br2O4/c1-3-14(18)12-16(20)22-10-8-6-5-7-9-11-23-17(21)13-15(19)4-2/h14-15H,3-13H2,1-2H3. The first-order valence-electron chi connectivity index (χ1n) is 8.58. The Morgan fingerprint density at radius 1 is 0.739 bits per heavy atom. The number of hydrogen-bond donors (Lipinski definition) is 0. The van der Waals surface area contributed by atoms with E-state index >= 15 is 0 Å². The molecule has 2 atom stereocenters. The van der Waals surface area contributed by atoms with Crippen molar-refractivity contribution in [1.82, 2.24) is 0 Å². The average molecular weight is 458 g/mol. The normalized spacial score (nSPS) is 13.4. The molecule has 0 amide bonds. The fourth-order valence-corrected chi connectivity index (χ4v) is 2.40. The third-order valence-corrected chi connectivity index (χ3v) is 5.42. The third kappa shape index (κ3) is 15.2. The summed E-state index contributed by atoms with van der Waals surface area (Å²) < 4.78 is 10.4. The van der Waals surface area contributed by atoms with E-state index in [0.29, 0.717) is 26.1 Å². The maximum Gasteiger partial charge on any atom is 0.306 e. The first-order chi connectivity index (χ1) is 11.0. The highest BCUT2D eigenvalue weighted by Crippen LogP contribution is 2.11. The van der Waals surface area contributed by atoms with E-state index < -0.39 is 0 Å². The van der Waals surface area contributed by atoms with E-state index in [9.17, 15) is 9.59 Å². The molecular formula is C17H30Br2O4. The third-order valence-electron chi connectivity index (χ3n) is 3.48. The van der Waals surface area contributed by atoms with Crippen molar-refractivity contribution < 1.29 is 19.1 Å². The summed E-state index contributed by atoms with van der Waals surface area (Å²) in [6, 6.07) is 0. The van der Waals surface area contributed by atoms with Gasteiger partial charge >= 0.3 is 11.9 Å². The second kappa shape index (κ2) is 15.4. The quantitative estimate of drug-likeness (QED) is 0.205. The molecule has 0 saturated carbocycles. The minimum absolute atomic E-state index is 0.127. The molecule has 0 spiro atoms. The number of unbranched alkanes of at least 4 members (excludes halogenated alkanes) is 4. The minimum Gasteiger partial charge on any atom is -0.466 e. The van der Waals surface area contributed by atoms with Gasteiger partial charge < -0.3 is 9.47 Å². The molecule has 0 aromatic rings. The van der Waals surface area contributed by atoms with Gasteiger partial charge in [-0.05, 0) is 25.7 Å². The van der Waals surface area contributed by atoms with Crippen LogP contribution in [0.1, 0.15) is 71.6 Å². The molecule has 0 saturated heterocycles. The summed E-state index contributed by atoms with van der Waals surface area (Å²) in [6.45, 7) is 5.07. The van der Waals surface area contributed by atoms with Crippen LogP contribution in [0.2, 0.25) is 0 Å². The number of carbonyl (C=O) groups excluding carboxylic acids is 2. The Morgan fingerprint density at radius 2 is 1.09 bits per heavy atom. The predicted molar refractivity (Wildman–Crippen MR) is 100 cm³/mol. The summed E-state index contributed by atoms with van der Waals surface area (Å²) in [5.74, 6) is -0.254. The molecular weight excluding hydrogens is 428 g/mol. The Labute approximate surface area is 157 Å². The largest absolute Gasteiger partial charge is 0.466 e. The molecule has 0 aromatic carbocycles. The average Bonchev–Trinajstić information content (AvgIpc) is 2.52. The summed E-state index contributed by atoms with van der Waals surface area (Å²) >= 11 is 6.85. The molecule has 0 heterocycles. The lowest BCUT2D eigenvalue weighted by molar-refractivity contribution is -0.144. The molecule has 0 radical (unpaired) electrons. The lowest BCUT2D eigenvalue weighted by atomic mass is 10.1. The highest BCUT2D eigenvalue weighted by Gasteiger charge is 2.10. The smallest absolute Gasteiger partial charge is 0.306 e. The fourth-order valence-electron chi connectivity index (χ4n) is 1.87. The Morgan fingerprint density at radius 3 is 1.43 bits per heavy atom. The topological polar surface area (TPSA) is 52.6 Å². The fraction of sp³-hybridized carbons (Fsp3) is 0.882. The van der Waals surface area contributed by atoms with E-state index in [2.05, 4.69) is 31.9 Å². The first-order valence-corrected chi connectivity index (χ1v) is 10.4. The van der Waals surface area contributed by atoms with Crippen LogP contribution in [0.25, 0.3) is 0 Å². The van der Waals surface area contributed by atoms with Gasteiger partial charge in [0.1, 0.15) is 0 Å². The van der Waals surface area contributed by atoms with Crippen molar-refractivity contribution in [3.63, 3.8) is 0 Å². The second-order valence-electron chi connectivity index (χ2n) is 5.63. The molecule has 0 aliphatic carbocycles. The van der Waals surface area contributed by atoms with Gasteiger partial charge in [0.05, 0.1) is 26.1 Å². The van der Waals surface area contributed by atoms with Crippen molar-refractivity contribution in [1.29, 1.82) is 0 Å². The highest BCUT2D eigenvalue weighted by molar-refractivity contribution is 9.09. The van der Waals surface area contributed by atoms with Gasteiger partial charge in [-0.25, -0.2) is 0 Å². The van der Waals surface area contributed by atoms with Gasteiger partial charge in [-0.1, -0.05) is 65.0 Å². The lowest BCUT2D eigenvalue weighted by Crippen LogP contribution is -2.11. The van der Waals surface area contributed by atoms with Crippen LogP contribution in [0.3, 0.4) is 0 Å². The van der Waals surface area contributed by atoms with Crippen molar-refractivity contribution in [2.45, 2.75) is 81.3 Å². The summed E-state index contributed by atoms with van der Waals surface area (Å²) in [6.07, 6.45) is 7.66. The van der Waals surface area contributed by atoms with Gasteiger partial charge in [-0.2, -0.15) is 0 Å². The SMILES string of the molecule is CCC(Br)CC(=O)OCCCCCCCOC(=O)CC(Br)CC. The Balaban J connectivity index is 3.34. The summed E-state index contributed by atoms with van der Waals surface area (Å²) in [5.41, 5.74) is 0. The Bertz CT molecular complexity index is 294. The molecule has 0 aliphatic heterocycles. The van der Waals surface area contributed by atoms with Crippen molar-refractivity contribution in [3.05, 3.63) is 0 Å². The van der Waals surface area contributed by atoms with E-state index in [0.717, 1.165) is 44.9 Å². The maximum absolute atomic E-state index is 11.4. The van der Waals surface area contributed by atoms with Crippen LogP contribution in [0.5, 0.6) is 0 Å². The molecule has 2 unspecified atom stereocenters. The molecule has 0 aliphatic rings. The number of halogens is 2. The van der Waals surface area contributed by atoms with E-state index in [1.165, 1.54) is 0 Å². The van der Waals surface area contributed by atoms with E-state index in [4.69, 9.17) is 9.47 Å². The van der Waals surface area contributed by atoms with Gasteiger partial charge in [0.25, 0.3) is 0 Å². The summed E-state index contributed by atoms with van der Waals surface area (Å²) in [5, 5.41) is 0. The molecule has 136 valence electrons. The van der Waals surface area contributed by atoms with E-state index in [1.807, 2.05) is 13.8 Å². The monoisotopic (exact) mass is 456 g/mol. The maximum atomic E-state index is 11.4. The van der Waals surface area contributed by atoms with Crippen molar-refractivity contribution in [3.8, 4) is 0 Å². The van der Waals surface area contributed by atoms with Gasteiger partial charge in [0.15, 0.2) is 0 Å². The molecule has 0 bridgehead atoms. The van der Waals surface area contributed by atoms with Crippen LogP contribution in [0.15, 0.2) is 0 Å². The summed E-state index contributed by atoms with van der Waals surface area (Å²) in [4.78, 5) is 23.3. The molecule has 6 heteroatoms. The number of rotatable bonds is 14. The highest BCUT2D eigenvalue weighted by atomic mass is 79.9. The number of hydrogen-bond acceptors (Lipinski definition) is 4. The van der Waals surface area contributed by atoms with Gasteiger partial charge in [0, 0.05) is 9.65 Å². The van der Waals surface area contributed by atoms with Gasteiger partial charge in [0.2, 0.25) is 0 Å². The zero-order chi connectivity index (χ0) is 17.5. The predicted octanol–water partition coefficient (Wildman–Crippen LogP) is 5.15. The molecule has 0 N–H and O–H groups in total. The second-order valence-corrected chi connectivity index (χ2v) is 8.22. The van der Waals surface area contributed by atoms with Crippen LogP contribution >= 0.6 is 31.9 Å². The summed E-state index contributed by atoms with van der Waals surface area (Å²) in [7, 11) is 0. The lowest BCUT2D eigenvalue weighted by Gasteiger charge is -2.08. The minimum atomic E-state index is -0.127. The van der Waals surface area contributed by atoms with Crippen LogP contribution < -0.4 is 0 Å². The van der Waals surface area contributed by atoms with Crippen molar-refractivity contribution in [2.75, 3.05) is 13.2 Å². The van der Waals surface area contributed by atoms with Crippen molar-refractivity contribution >= 4 is 43.8 Å². The van der Waals surface area contributed by atoms with E-state index in [1.54, 1.807) is 0 Å². The Hall–Kier alpha value is -0.100. The van der Waals surface area contributed by atoms with Crippen LogP contribution in [0, 0.1) is 0 Å². The van der Waals surface area contributed by atoms with Crippen LogP contribution in [-0.4, -0.2) is 34.8 Å². The van der Waals surface area contributed by atoms with Crippen molar-refractivity contribution in [2.24, 2.45) is 0 Å². The molecule has 0 rings (SSSR count). The number of ether oxygens (including phenoxy) is 2. The van der Waals surface area contributed by atoms with Gasteiger partial charge in [-0.15, -0.1) is 0 Å². The van der Waals surface area contributed by atoms with Gasteiger partial charge in [-0.3, -0.25) is 9.59 Å². The Kier molecular flexibility index (Phi) is 15.4. The number of esters is 2. The number of alkyl halides is 2. The van der Waals surface area contributed by atoms with Crippen LogP contribution in [-0.2, 0) is 19.1 Å². The number of carbonyl (C=O) groups is 2. The molecule has 4 nitrogen and oxygen atoms in total.